The van der Waals surface area contributed by atoms with Crippen molar-refractivity contribution in [3.05, 3.63) is 29.3 Å². The smallest absolute Gasteiger partial charge is 0.422 e. The molecule has 2 aliphatic carbocycles. The molecule has 3 rings (SSSR count). The molecule has 0 aliphatic heterocycles. The van der Waals surface area contributed by atoms with Crippen LogP contribution in [0.25, 0.3) is 0 Å². The summed E-state index contributed by atoms with van der Waals surface area (Å²) in [6, 6.07) is 0.323. The molecule has 0 amide bonds. The van der Waals surface area contributed by atoms with E-state index >= 15 is 0 Å². The van der Waals surface area contributed by atoms with Gasteiger partial charge in [0.1, 0.15) is 22.9 Å². The Hall–Kier alpha value is -1.47. The summed E-state index contributed by atoms with van der Waals surface area (Å²) in [4.78, 5) is 0. The summed E-state index contributed by atoms with van der Waals surface area (Å²) in [6.45, 7) is 2.22. The second-order valence-electron chi connectivity index (χ2n) is 8.56. The highest BCUT2D eigenvalue weighted by atomic mass is 19.4. The molecule has 0 heterocycles. The molecule has 0 aromatic heterocycles. The second kappa shape index (κ2) is 8.34. The third-order valence-corrected chi connectivity index (χ3v) is 6.53. The molecule has 0 N–H and O–H groups in total. The molecule has 2 fully saturated rings. The number of benzene rings is 1. The maximum atomic E-state index is 14.5. The van der Waals surface area contributed by atoms with Gasteiger partial charge in [-0.1, -0.05) is 19.8 Å². The van der Waals surface area contributed by atoms with Gasteiger partial charge in [0.2, 0.25) is 0 Å². The average molecular weight is 426 g/mol. The third kappa shape index (κ3) is 5.18. The molecule has 164 valence electrons. The molecule has 2 aliphatic rings. The minimum atomic E-state index is -5.26. The number of hydrogen-bond acceptors (Lipinski definition) is 1. The Morgan fingerprint density at radius 2 is 1.21 bits per heavy atom. The first-order chi connectivity index (χ1) is 13.5. The number of alkyl halides is 5. The van der Waals surface area contributed by atoms with Crippen molar-refractivity contribution in [2.24, 2.45) is 23.7 Å². The van der Waals surface area contributed by atoms with E-state index in [-0.39, 0.29) is 25.0 Å². The second-order valence-corrected chi connectivity index (χ2v) is 8.56. The van der Waals surface area contributed by atoms with Crippen molar-refractivity contribution < 1.29 is 35.5 Å². The van der Waals surface area contributed by atoms with Crippen LogP contribution in [0.4, 0.5) is 30.7 Å². The summed E-state index contributed by atoms with van der Waals surface area (Å²) in [6.07, 6.45) is -2.69. The van der Waals surface area contributed by atoms with E-state index in [0.717, 1.165) is 25.7 Å². The van der Waals surface area contributed by atoms with Crippen LogP contribution in [0.5, 0.6) is 5.75 Å². The maximum absolute atomic E-state index is 14.5. The van der Waals surface area contributed by atoms with Gasteiger partial charge in [-0.3, -0.25) is 0 Å². The van der Waals surface area contributed by atoms with Crippen LogP contribution >= 0.6 is 0 Å². The van der Waals surface area contributed by atoms with Gasteiger partial charge in [0.25, 0.3) is 0 Å². The van der Waals surface area contributed by atoms with E-state index in [1.54, 1.807) is 0 Å². The molecule has 0 bridgehead atoms. The highest BCUT2D eigenvalue weighted by Crippen LogP contribution is 2.46. The molecule has 1 nitrogen and oxygen atoms in total. The van der Waals surface area contributed by atoms with Crippen LogP contribution in [0.1, 0.15) is 63.9 Å². The Balaban J connectivity index is 1.62. The first-order valence-corrected chi connectivity index (χ1v) is 10.1. The van der Waals surface area contributed by atoms with Gasteiger partial charge in [0, 0.05) is 12.1 Å². The van der Waals surface area contributed by atoms with Crippen LogP contribution in [0, 0.1) is 35.3 Å². The van der Waals surface area contributed by atoms with Crippen molar-refractivity contribution in [1.29, 1.82) is 0 Å². The minimum absolute atomic E-state index is 0.161. The van der Waals surface area contributed by atoms with E-state index in [4.69, 9.17) is 0 Å². The lowest BCUT2D eigenvalue weighted by molar-refractivity contribution is -0.224. The van der Waals surface area contributed by atoms with E-state index in [1.165, 1.54) is 0 Å². The Morgan fingerprint density at radius 1 is 0.759 bits per heavy atom. The Morgan fingerprint density at radius 3 is 1.66 bits per heavy atom. The van der Waals surface area contributed by atoms with Gasteiger partial charge in [-0.05, 0) is 56.3 Å². The molecule has 0 radical (unpaired) electrons. The van der Waals surface area contributed by atoms with Crippen molar-refractivity contribution in [3.63, 3.8) is 0 Å². The van der Waals surface area contributed by atoms with Gasteiger partial charge in [-0.2, -0.15) is 22.0 Å². The molecule has 2 saturated carbocycles. The molecule has 0 unspecified atom stereocenters. The summed E-state index contributed by atoms with van der Waals surface area (Å²) in [5, 5.41) is 0. The zero-order valence-electron chi connectivity index (χ0n) is 16.2. The summed E-state index contributed by atoms with van der Waals surface area (Å²) in [5.74, 6) is -4.35. The molecular formula is C21H25F7O. The first kappa shape index (κ1) is 22.2. The monoisotopic (exact) mass is 426 g/mol. The van der Waals surface area contributed by atoms with E-state index in [9.17, 15) is 30.7 Å². The number of hydrogen-bond donors (Lipinski definition) is 0. The van der Waals surface area contributed by atoms with E-state index in [0.29, 0.717) is 30.6 Å². The van der Waals surface area contributed by atoms with Crippen LogP contribution in [0.15, 0.2) is 12.1 Å². The Kier molecular flexibility index (Phi) is 6.39. The topological polar surface area (TPSA) is 9.23 Å². The fourth-order valence-electron chi connectivity index (χ4n) is 4.80. The van der Waals surface area contributed by atoms with Gasteiger partial charge in [-0.25, -0.2) is 8.78 Å². The maximum Gasteiger partial charge on any atom is 0.422 e. The molecule has 0 saturated heterocycles. The lowest BCUT2D eigenvalue weighted by Crippen LogP contribution is -2.38. The summed E-state index contributed by atoms with van der Waals surface area (Å²) in [7, 11) is 0. The van der Waals surface area contributed by atoms with E-state index < -0.39 is 41.2 Å². The molecule has 29 heavy (non-hydrogen) atoms. The summed E-state index contributed by atoms with van der Waals surface area (Å²) in [5.41, 5.74) is -2.12. The number of ether oxygens (including phenoxy) is 1. The fourth-order valence-corrected chi connectivity index (χ4v) is 4.80. The highest BCUT2D eigenvalue weighted by molar-refractivity contribution is 5.32. The summed E-state index contributed by atoms with van der Waals surface area (Å²) >= 11 is 0. The van der Waals surface area contributed by atoms with Crippen LogP contribution in [-0.4, -0.2) is 6.11 Å². The molecule has 0 atom stereocenters. The summed E-state index contributed by atoms with van der Waals surface area (Å²) < 4.78 is 98.6. The third-order valence-electron chi connectivity index (χ3n) is 6.53. The van der Waals surface area contributed by atoms with Crippen molar-refractivity contribution in [3.8, 4) is 5.75 Å². The molecule has 0 spiro atoms. The van der Waals surface area contributed by atoms with Gasteiger partial charge in [0.15, 0.2) is 0 Å². The van der Waals surface area contributed by atoms with Crippen LogP contribution < -0.4 is 4.74 Å². The van der Waals surface area contributed by atoms with Crippen molar-refractivity contribution in [1.82, 2.24) is 0 Å². The van der Waals surface area contributed by atoms with Crippen LogP contribution in [0.2, 0.25) is 0 Å². The van der Waals surface area contributed by atoms with Crippen LogP contribution in [-0.2, 0) is 6.18 Å². The van der Waals surface area contributed by atoms with Gasteiger partial charge >= 0.3 is 12.3 Å². The standard InChI is InChI=1S/C21H25F7O/c1-12-2-4-13(5-3-12)14-6-8-15(9-7-14)21(27,28)29-16-10-17(22)19(18(23)11-16)20(24,25)26/h10-15H,2-9H2,1H3. The lowest BCUT2D eigenvalue weighted by Gasteiger charge is -2.38. The predicted molar refractivity (Wildman–Crippen MR) is 93.5 cm³/mol. The molecule has 1 aromatic rings. The van der Waals surface area contributed by atoms with Crippen LogP contribution in [0.3, 0.4) is 0 Å². The van der Waals surface area contributed by atoms with Gasteiger partial charge in [-0.15, -0.1) is 0 Å². The Bertz CT molecular complexity index is 676. The predicted octanol–water partition coefficient (Wildman–Crippen LogP) is 7.59. The fraction of sp³-hybridized carbons (Fsp3) is 0.714. The van der Waals surface area contributed by atoms with E-state index in [2.05, 4.69) is 11.7 Å². The highest BCUT2D eigenvalue weighted by Gasteiger charge is 2.46. The zero-order valence-corrected chi connectivity index (χ0v) is 16.2. The SMILES string of the molecule is CC1CCC(C2CCC(C(F)(F)Oc3cc(F)c(C(F)(F)F)c(F)c3)CC2)CC1. The lowest BCUT2D eigenvalue weighted by atomic mass is 9.69. The van der Waals surface area contributed by atoms with E-state index in [1.807, 2.05) is 0 Å². The average Bonchev–Trinajstić information content (AvgIpc) is 2.60. The van der Waals surface area contributed by atoms with Gasteiger partial charge < -0.3 is 4.74 Å². The quantitative estimate of drug-likeness (QED) is 0.451. The Labute approximate surface area is 165 Å². The molecular weight excluding hydrogens is 401 g/mol. The van der Waals surface area contributed by atoms with Crippen molar-refractivity contribution >= 4 is 0 Å². The minimum Gasteiger partial charge on any atom is -0.432 e. The zero-order chi connectivity index (χ0) is 21.4. The number of rotatable bonds is 4. The first-order valence-electron chi connectivity index (χ1n) is 10.1. The largest absolute Gasteiger partial charge is 0.432 e. The van der Waals surface area contributed by atoms with Crippen molar-refractivity contribution in [2.75, 3.05) is 0 Å². The normalized spacial score (nSPS) is 29.0. The molecule has 1 aromatic carbocycles. The molecule has 8 heteroatoms. The van der Waals surface area contributed by atoms with Gasteiger partial charge in [0.05, 0.1) is 5.92 Å². The number of halogens is 7. The van der Waals surface area contributed by atoms with Crippen molar-refractivity contribution in [2.45, 2.75) is 70.6 Å².